The summed E-state index contributed by atoms with van der Waals surface area (Å²) in [5.74, 6) is 1.31. The normalized spacial score (nSPS) is 10.4. The van der Waals surface area contributed by atoms with Crippen LogP contribution in [0.4, 0.5) is 23.1 Å². The first-order valence-corrected chi connectivity index (χ1v) is 8.10. The molecule has 0 unspecified atom stereocenters. The summed E-state index contributed by atoms with van der Waals surface area (Å²) in [5.41, 5.74) is 4.35. The molecule has 0 aliphatic carbocycles. The number of aryl methyl sites for hydroxylation is 2. The first kappa shape index (κ1) is 15.5. The van der Waals surface area contributed by atoms with E-state index < -0.39 is 0 Å². The van der Waals surface area contributed by atoms with Crippen LogP contribution in [0.2, 0.25) is 0 Å². The highest BCUT2D eigenvalue weighted by molar-refractivity contribution is 9.10. The second-order valence-corrected chi connectivity index (χ2v) is 6.21. The van der Waals surface area contributed by atoms with Gasteiger partial charge in [-0.15, -0.1) is 0 Å². The Kier molecular flexibility index (Phi) is 4.57. The lowest BCUT2D eigenvalue weighted by molar-refractivity contribution is 1.16. The Bertz CT molecular complexity index is 813. The van der Waals surface area contributed by atoms with E-state index in [1.54, 1.807) is 6.20 Å². The van der Waals surface area contributed by atoms with Gasteiger partial charge in [0.2, 0.25) is 5.95 Å². The molecule has 0 aliphatic rings. The van der Waals surface area contributed by atoms with Gasteiger partial charge in [0.25, 0.3) is 0 Å². The molecule has 0 amide bonds. The van der Waals surface area contributed by atoms with E-state index in [1.165, 1.54) is 11.1 Å². The van der Waals surface area contributed by atoms with Crippen molar-refractivity contribution in [3.05, 3.63) is 70.3 Å². The fourth-order valence-electron chi connectivity index (χ4n) is 2.33. The van der Waals surface area contributed by atoms with Crippen LogP contribution in [-0.4, -0.2) is 9.97 Å². The van der Waals surface area contributed by atoms with Gasteiger partial charge in [0.05, 0.1) is 0 Å². The molecule has 23 heavy (non-hydrogen) atoms. The topological polar surface area (TPSA) is 49.8 Å². The highest BCUT2D eigenvalue weighted by atomic mass is 79.9. The molecule has 5 heteroatoms. The molecular formula is C18H17BrN4. The predicted octanol–water partition coefficient (Wildman–Crippen LogP) is 5.34. The van der Waals surface area contributed by atoms with Crippen molar-refractivity contribution in [3.8, 4) is 0 Å². The van der Waals surface area contributed by atoms with Gasteiger partial charge in [-0.05, 0) is 49.2 Å². The molecule has 0 saturated carbocycles. The van der Waals surface area contributed by atoms with E-state index in [4.69, 9.17) is 0 Å². The van der Waals surface area contributed by atoms with Crippen LogP contribution in [-0.2, 0) is 0 Å². The molecule has 0 bridgehead atoms. The maximum Gasteiger partial charge on any atom is 0.229 e. The molecular weight excluding hydrogens is 352 g/mol. The molecule has 116 valence electrons. The maximum atomic E-state index is 4.53. The molecule has 0 atom stereocenters. The first-order chi connectivity index (χ1) is 11.1. The van der Waals surface area contributed by atoms with Gasteiger partial charge in [0, 0.05) is 22.0 Å². The third-order valence-electron chi connectivity index (χ3n) is 3.47. The Balaban J connectivity index is 1.83. The van der Waals surface area contributed by atoms with Crippen LogP contribution in [0, 0.1) is 13.8 Å². The highest BCUT2D eigenvalue weighted by Crippen LogP contribution is 2.24. The second-order valence-electron chi connectivity index (χ2n) is 5.29. The molecule has 1 heterocycles. The van der Waals surface area contributed by atoms with Crippen molar-refractivity contribution in [2.24, 2.45) is 0 Å². The van der Waals surface area contributed by atoms with Gasteiger partial charge in [0.15, 0.2) is 0 Å². The minimum atomic E-state index is 0.572. The summed E-state index contributed by atoms with van der Waals surface area (Å²) in [7, 11) is 0. The molecule has 2 aromatic carbocycles. The third kappa shape index (κ3) is 3.87. The van der Waals surface area contributed by atoms with E-state index in [9.17, 15) is 0 Å². The van der Waals surface area contributed by atoms with Crippen molar-refractivity contribution >= 4 is 39.1 Å². The van der Waals surface area contributed by atoms with E-state index in [0.29, 0.717) is 5.95 Å². The predicted molar refractivity (Wildman–Crippen MR) is 98.7 cm³/mol. The van der Waals surface area contributed by atoms with Gasteiger partial charge in [-0.25, -0.2) is 4.98 Å². The average molecular weight is 369 g/mol. The number of hydrogen-bond acceptors (Lipinski definition) is 4. The summed E-state index contributed by atoms with van der Waals surface area (Å²) >= 11 is 3.47. The minimum absolute atomic E-state index is 0.572. The molecule has 0 saturated heterocycles. The number of benzene rings is 2. The highest BCUT2D eigenvalue weighted by Gasteiger charge is 2.05. The molecule has 1 aromatic heterocycles. The van der Waals surface area contributed by atoms with E-state index in [-0.39, 0.29) is 0 Å². The van der Waals surface area contributed by atoms with Crippen molar-refractivity contribution in [1.29, 1.82) is 0 Å². The number of rotatable bonds is 4. The van der Waals surface area contributed by atoms with Crippen LogP contribution < -0.4 is 10.6 Å². The van der Waals surface area contributed by atoms with Gasteiger partial charge >= 0.3 is 0 Å². The van der Waals surface area contributed by atoms with Gasteiger partial charge < -0.3 is 10.6 Å². The van der Waals surface area contributed by atoms with Crippen molar-refractivity contribution < 1.29 is 0 Å². The fraction of sp³-hybridized carbons (Fsp3) is 0.111. The summed E-state index contributed by atoms with van der Waals surface area (Å²) in [6, 6.07) is 16.0. The van der Waals surface area contributed by atoms with Crippen LogP contribution in [0.3, 0.4) is 0 Å². The zero-order valence-electron chi connectivity index (χ0n) is 13.0. The Morgan fingerprint density at radius 2 is 1.65 bits per heavy atom. The van der Waals surface area contributed by atoms with E-state index in [2.05, 4.69) is 62.5 Å². The monoisotopic (exact) mass is 368 g/mol. The number of nitrogens with one attached hydrogen (secondary N) is 2. The van der Waals surface area contributed by atoms with Crippen molar-refractivity contribution in [1.82, 2.24) is 9.97 Å². The Morgan fingerprint density at radius 3 is 2.39 bits per heavy atom. The standard InChI is InChI=1S/C18H17BrN4/c1-12-5-3-6-13(2)17(12)23-18-20-10-9-16(22-18)21-15-8-4-7-14(19)11-15/h3-11H,1-2H3,(H2,20,21,22,23). The number of aromatic nitrogens is 2. The maximum absolute atomic E-state index is 4.53. The van der Waals surface area contributed by atoms with E-state index in [1.807, 2.05) is 36.4 Å². The number of para-hydroxylation sites is 1. The molecule has 0 aliphatic heterocycles. The third-order valence-corrected chi connectivity index (χ3v) is 3.96. The van der Waals surface area contributed by atoms with Crippen LogP contribution in [0.5, 0.6) is 0 Å². The number of halogens is 1. The molecule has 0 spiro atoms. The number of nitrogens with zero attached hydrogens (tertiary/aromatic N) is 2. The molecule has 2 N–H and O–H groups in total. The number of hydrogen-bond donors (Lipinski definition) is 2. The Morgan fingerprint density at radius 1 is 0.913 bits per heavy atom. The number of anilines is 4. The molecule has 0 fully saturated rings. The van der Waals surface area contributed by atoms with Crippen molar-refractivity contribution in [2.45, 2.75) is 13.8 Å². The SMILES string of the molecule is Cc1cccc(C)c1Nc1nccc(Nc2cccc(Br)c2)n1. The largest absolute Gasteiger partial charge is 0.340 e. The van der Waals surface area contributed by atoms with Crippen LogP contribution in [0.25, 0.3) is 0 Å². The molecule has 3 aromatic rings. The summed E-state index contributed by atoms with van der Waals surface area (Å²) < 4.78 is 1.02. The summed E-state index contributed by atoms with van der Waals surface area (Å²) in [4.78, 5) is 8.83. The average Bonchev–Trinajstić information content (AvgIpc) is 2.52. The fourth-order valence-corrected chi connectivity index (χ4v) is 2.73. The van der Waals surface area contributed by atoms with E-state index >= 15 is 0 Å². The lowest BCUT2D eigenvalue weighted by Gasteiger charge is -2.12. The van der Waals surface area contributed by atoms with Gasteiger partial charge in [-0.3, -0.25) is 0 Å². The zero-order chi connectivity index (χ0) is 16.2. The van der Waals surface area contributed by atoms with Gasteiger partial charge in [-0.2, -0.15) is 4.98 Å². The Hall–Kier alpha value is -2.40. The summed E-state index contributed by atoms with van der Waals surface area (Å²) in [6.07, 6.45) is 1.74. The lowest BCUT2D eigenvalue weighted by atomic mass is 10.1. The Labute approximate surface area is 144 Å². The lowest BCUT2D eigenvalue weighted by Crippen LogP contribution is -2.02. The summed E-state index contributed by atoms with van der Waals surface area (Å²) in [5, 5.41) is 6.59. The smallest absolute Gasteiger partial charge is 0.229 e. The summed E-state index contributed by atoms with van der Waals surface area (Å²) in [6.45, 7) is 4.14. The van der Waals surface area contributed by atoms with Crippen molar-refractivity contribution in [3.63, 3.8) is 0 Å². The van der Waals surface area contributed by atoms with Crippen molar-refractivity contribution in [2.75, 3.05) is 10.6 Å². The van der Waals surface area contributed by atoms with Gasteiger partial charge in [-0.1, -0.05) is 40.2 Å². The van der Waals surface area contributed by atoms with Crippen LogP contribution in [0.1, 0.15) is 11.1 Å². The minimum Gasteiger partial charge on any atom is -0.340 e. The molecule has 0 radical (unpaired) electrons. The second kappa shape index (κ2) is 6.79. The molecule has 4 nitrogen and oxygen atoms in total. The quantitative estimate of drug-likeness (QED) is 0.652. The van der Waals surface area contributed by atoms with Crippen LogP contribution in [0.15, 0.2) is 59.2 Å². The van der Waals surface area contributed by atoms with E-state index in [0.717, 1.165) is 21.7 Å². The zero-order valence-corrected chi connectivity index (χ0v) is 14.6. The van der Waals surface area contributed by atoms with Gasteiger partial charge in [0.1, 0.15) is 5.82 Å². The van der Waals surface area contributed by atoms with Crippen LogP contribution >= 0.6 is 15.9 Å². The molecule has 3 rings (SSSR count). The first-order valence-electron chi connectivity index (χ1n) is 7.31.